The van der Waals surface area contributed by atoms with Gasteiger partial charge in [-0.1, -0.05) is 18.2 Å². The summed E-state index contributed by atoms with van der Waals surface area (Å²) < 4.78 is 12.6. The van der Waals surface area contributed by atoms with Crippen LogP contribution in [0.15, 0.2) is 72.4 Å². The number of amides is 1. The summed E-state index contributed by atoms with van der Waals surface area (Å²) in [4.78, 5) is 16.6. The Labute approximate surface area is 196 Å². The smallest absolute Gasteiger partial charge is 0.244 e. The van der Waals surface area contributed by atoms with E-state index in [1.165, 1.54) is 6.08 Å². The molecule has 0 aliphatic rings. The number of para-hydroxylation sites is 1. The second-order valence-electron chi connectivity index (χ2n) is 7.08. The minimum atomic E-state index is -0.169. The first-order valence-corrected chi connectivity index (χ1v) is 11.3. The highest BCUT2D eigenvalue weighted by Crippen LogP contribution is 2.33. The van der Waals surface area contributed by atoms with E-state index in [-0.39, 0.29) is 5.91 Å². The van der Waals surface area contributed by atoms with Crippen molar-refractivity contribution in [2.75, 3.05) is 20.8 Å². The SMILES string of the molecule is COc1ccc(-c2nn(-c3ccccc3)cc2/C=C/C(=O)NCCc2nccs2)cc1OC. The number of carbonyl (C=O) groups excluding carboxylic acids is 1. The van der Waals surface area contributed by atoms with E-state index in [9.17, 15) is 4.79 Å². The molecule has 4 rings (SSSR count). The number of nitrogens with zero attached hydrogens (tertiary/aromatic N) is 3. The van der Waals surface area contributed by atoms with Crippen molar-refractivity contribution in [3.05, 3.63) is 83.0 Å². The zero-order valence-corrected chi connectivity index (χ0v) is 19.2. The maximum Gasteiger partial charge on any atom is 0.244 e. The van der Waals surface area contributed by atoms with E-state index in [4.69, 9.17) is 14.6 Å². The molecule has 8 heteroatoms. The second kappa shape index (κ2) is 10.6. The highest BCUT2D eigenvalue weighted by atomic mass is 32.1. The molecule has 0 spiro atoms. The number of hydrogen-bond donors (Lipinski definition) is 1. The summed E-state index contributed by atoms with van der Waals surface area (Å²) in [5.74, 6) is 1.08. The number of ether oxygens (including phenoxy) is 2. The Hall–Kier alpha value is -3.91. The van der Waals surface area contributed by atoms with Gasteiger partial charge in [-0.15, -0.1) is 11.3 Å². The number of aromatic nitrogens is 3. The Morgan fingerprint density at radius 2 is 1.94 bits per heavy atom. The van der Waals surface area contributed by atoms with Gasteiger partial charge in [0.15, 0.2) is 11.5 Å². The van der Waals surface area contributed by atoms with Crippen molar-refractivity contribution in [3.63, 3.8) is 0 Å². The van der Waals surface area contributed by atoms with Gasteiger partial charge in [0.1, 0.15) is 5.69 Å². The minimum absolute atomic E-state index is 0.169. The van der Waals surface area contributed by atoms with Crippen LogP contribution < -0.4 is 14.8 Å². The number of hydrogen-bond acceptors (Lipinski definition) is 6. The molecule has 33 heavy (non-hydrogen) atoms. The second-order valence-corrected chi connectivity index (χ2v) is 8.06. The molecule has 168 valence electrons. The quantitative estimate of drug-likeness (QED) is 0.375. The average Bonchev–Trinajstić information content (AvgIpc) is 3.53. The van der Waals surface area contributed by atoms with E-state index in [2.05, 4.69) is 10.3 Å². The van der Waals surface area contributed by atoms with Crippen molar-refractivity contribution in [2.45, 2.75) is 6.42 Å². The standard InChI is InChI=1S/C25H24N4O3S/c1-31-21-10-8-18(16-22(21)32-2)25-19(17-29(28-25)20-6-4-3-5-7-20)9-11-23(30)26-13-12-24-27-14-15-33-24/h3-11,14-17H,12-13H2,1-2H3,(H,26,30)/b11-9+. The maximum absolute atomic E-state index is 12.4. The minimum Gasteiger partial charge on any atom is -0.493 e. The lowest BCUT2D eigenvalue weighted by atomic mass is 10.1. The molecule has 0 bridgehead atoms. The number of thiazole rings is 1. The molecule has 0 aliphatic carbocycles. The molecule has 2 aromatic carbocycles. The molecule has 0 fully saturated rings. The van der Waals surface area contributed by atoms with E-state index in [1.807, 2.05) is 60.1 Å². The summed E-state index contributed by atoms with van der Waals surface area (Å²) in [7, 11) is 3.20. The molecule has 7 nitrogen and oxygen atoms in total. The Morgan fingerprint density at radius 1 is 1.12 bits per heavy atom. The van der Waals surface area contributed by atoms with Crippen LogP contribution in [-0.2, 0) is 11.2 Å². The first kappa shape index (κ1) is 22.3. The summed E-state index contributed by atoms with van der Waals surface area (Å²) >= 11 is 1.58. The number of rotatable bonds is 9. The Kier molecular flexibility index (Phi) is 7.16. The number of carbonyl (C=O) groups is 1. The molecule has 1 amide bonds. The summed E-state index contributed by atoms with van der Waals surface area (Å²) in [5, 5.41) is 10.6. The number of nitrogens with one attached hydrogen (secondary N) is 1. The first-order chi connectivity index (χ1) is 16.2. The Bertz CT molecular complexity index is 1230. The zero-order valence-electron chi connectivity index (χ0n) is 18.4. The normalized spacial score (nSPS) is 11.0. The van der Waals surface area contributed by atoms with E-state index in [0.29, 0.717) is 24.5 Å². The van der Waals surface area contributed by atoms with Crippen molar-refractivity contribution in [2.24, 2.45) is 0 Å². The fourth-order valence-corrected chi connectivity index (χ4v) is 3.94. The molecular weight excluding hydrogens is 436 g/mol. The van der Waals surface area contributed by atoms with Crippen LogP contribution in [0.25, 0.3) is 23.0 Å². The van der Waals surface area contributed by atoms with Gasteiger partial charge in [-0.25, -0.2) is 9.67 Å². The van der Waals surface area contributed by atoms with E-state index in [0.717, 1.165) is 27.5 Å². The zero-order chi connectivity index (χ0) is 23.0. The van der Waals surface area contributed by atoms with Crippen LogP contribution in [0.4, 0.5) is 0 Å². The third-order valence-electron chi connectivity index (χ3n) is 4.96. The van der Waals surface area contributed by atoms with Gasteiger partial charge < -0.3 is 14.8 Å². The van der Waals surface area contributed by atoms with Crippen molar-refractivity contribution >= 4 is 23.3 Å². The van der Waals surface area contributed by atoms with E-state index < -0.39 is 0 Å². The van der Waals surface area contributed by atoms with Gasteiger partial charge in [0.25, 0.3) is 0 Å². The molecule has 2 aromatic heterocycles. The summed E-state index contributed by atoms with van der Waals surface area (Å²) in [5.41, 5.74) is 3.31. The maximum atomic E-state index is 12.4. The molecule has 2 heterocycles. The molecular formula is C25H24N4O3S. The molecule has 1 N–H and O–H groups in total. The van der Waals surface area contributed by atoms with Gasteiger partial charge in [0, 0.05) is 47.9 Å². The average molecular weight is 461 g/mol. The van der Waals surface area contributed by atoms with Crippen molar-refractivity contribution < 1.29 is 14.3 Å². The molecule has 4 aromatic rings. The lowest BCUT2D eigenvalue weighted by Gasteiger charge is -2.09. The van der Waals surface area contributed by atoms with Crippen molar-refractivity contribution in [3.8, 4) is 28.4 Å². The van der Waals surface area contributed by atoms with Crippen LogP contribution in [0.5, 0.6) is 11.5 Å². The van der Waals surface area contributed by atoms with Crippen molar-refractivity contribution in [1.82, 2.24) is 20.1 Å². The van der Waals surface area contributed by atoms with Gasteiger partial charge in [-0.3, -0.25) is 4.79 Å². The third-order valence-corrected chi connectivity index (χ3v) is 5.80. The van der Waals surface area contributed by atoms with E-state index in [1.54, 1.807) is 42.5 Å². The molecule has 0 saturated heterocycles. The predicted octanol–water partition coefficient (Wildman–Crippen LogP) is 4.39. The third kappa shape index (κ3) is 5.48. The van der Waals surface area contributed by atoms with Gasteiger partial charge in [0.2, 0.25) is 5.91 Å². The Morgan fingerprint density at radius 3 is 2.67 bits per heavy atom. The van der Waals surface area contributed by atoms with Crippen LogP contribution in [-0.4, -0.2) is 41.4 Å². The van der Waals surface area contributed by atoms with Gasteiger partial charge in [-0.2, -0.15) is 5.10 Å². The van der Waals surface area contributed by atoms with Crippen LogP contribution in [0, 0.1) is 0 Å². The molecule has 0 saturated carbocycles. The van der Waals surface area contributed by atoms with Gasteiger partial charge in [-0.05, 0) is 36.4 Å². The number of benzene rings is 2. The predicted molar refractivity (Wildman–Crippen MR) is 130 cm³/mol. The van der Waals surface area contributed by atoms with Gasteiger partial charge >= 0.3 is 0 Å². The fourth-order valence-electron chi connectivity index (χ4n) is 3.32. The first-order valence-electron chi connectivity index (χ1n) is 10.4. The molecule has 0 radical (unpaired) electrons. The lowest BCUT2D eigenvalue weighted by molar-refractivity contribution is -0.116. The van der Waals surface area contributed by atoms with Crippen molar-refractivity contribution in [1.29, 1.82) is 0 Å². The summed E-state index contributed by atoms with van der Waals surface area (Å²) in [6.45, 7) is 0.530. The van der Waals surface area contributed by atoms with Crippen LogP contribution in [0.1, 0.15) is 10.6 Å². The van der Waals surface area contributed by atoms with E-state index >= 15 is 0 Å². The molecule has 0 atom stereocenters. The summed E-state index contributed by atoms with van der Waals surface area (Å²) in [6.07, 6.45) is 7.68. The van der Waals surface area contributed by atoms with Crippen LogP contribution in [0.2, 0.25) is 0 Å². The monoisotopic (exact) mass is 460 g/mol. The fraction of sp³-hybridized carbons (Fsp3) is 0.160. The number of methoxy groups -OCH3 is 2. The van der Waals surface area contributed by atoms with Gasteiger partial charge in [0.05, 0.1) is 24.9 Å². The largest absolute Gasteiger partial charge is 0.493 e. The highest BCUT2D eigenvalue weighted by Gasteiger charge is 2.14. The van der Waals surface area contributed by atoms with Crippen LogP contribution in [0.3, 0.4) is 0 Å². The van der Waals surface area contributed by atoms with Crippen LogP contribution >= 0.6 is 11.3 Å². The highest BCUT2D eigenvalue weighted by molar-refractivity contribution is 7.09. The summed E-state index contributed by atoms with van der Waals surface area (Å²) in [6, 6.07) is 15.5. The Balaban J connectivity index is 1.60. The topological polar surface area (TPSA) is 78.3 Å². The molecule has 0 unspecified atom stereocenters. The molecule has 0 aliphatic heterocycles. The lowest BCUT2D eigenvalue weighted by Crippen LogP contribution is -2.23.